The second-order valence-corrected chi connectivity index (χ2v) is 8.05. The number of carbonyl (C=O) groups excluding carboxylic acids is 1. The molecular weight excluding hydrogens is 312 g/mol. The van der Waals surface area contributed by atoms with Gasteiger partial charge in [-0.05, 0) is 13.3 Å². The van der Waals surface area contributed by atoms with Gasteiger partial charge in [0, 0.05) is 6.42 Å². The molecule has 25 heavy (non-hydrogen) atoms. The number of cyclic esters (lactones) is 1. The molecule has 1 rings (SSSR count). The molecule has 0 aromatic rings. The minimum absolute atomic E-state index is 0.0329. The fourth-order valence-electron chi connectivity index (χ4n) is 3.81. The summed E-state index contributed by atoms with van der Waals surface area (Å²) in [5.41, 5.74) is 0. The van der Waals surface area contributed by atoms with E-state index in [1.54, 1.807) is 6.92 Å². The first-order chi connectivity index (χ1) is 12.1. The van der Waals surface area contributed by atoms with E-state index in [1.165, 1.54) is 83.5 Å². The normalized spacial score (nSPS) is 21.0. The molecule has 0 aromatic heterocycles. The predicted molar refractivity (Wildman–Crippen MR) is 105 cm³/mol. The van der Waals surface area contributed by atoms with Crippen molar-refractivity contribution in [3.05, 3.63) is 0 Å². The minimum atomic E-state index is -0.378. The molecule has 1 fully saturated rings. The summed E-state index contributed by atoms with van der Waals surface area (Å²) >= 11 is 0. The third kappa shape index (κ3) is 10.9. The highest BCUT2D eigenvalue weighted by Crippen LogP contribution is 2.31. The van der Waals surface area contributed by atoms with Crippen LogP contribution >= 0.6 is 0 Å². The number of rotatable bonds is 17. The average molecular weight is 355 g/mol. The molecule has 148 valence electrons. The monoisotopic (exact) mass is 354 g/mol. The molecule has 3 atom stereocenters. The van der Waals surface area contributed by atoms with Gasteiger partial charge in [0.05, 0.1) is 12.0 Å². The quantitative estimate of drug-likeness (QED) is 0.251. The number of aliphatic hydroxyl groups is 1. The lowest BCUT2D eigenvalue weighted by Crippen LogP contribution is -2.46. The van der Waals surface area contributed by atoms with E-state index in [2.05, 4.69) is 6.92 Å². The zero-order chi connectivity index (χ0) is 18.3. The van der Waals surface area contributed by atoms with Crippen molar-refractivity contribution in [2.75, 3.05) is 0 Å². The lowest BCUT2D eigenvalue weighted by molar-refractivity contribution is -0.188. The number of hydrogen-bond donors (Lipinski definition) is 1. The van der Waals surface area contributed by atoms with Crippen LogP contribution in [0.1, 0.15) is 117 Å². The SMILES string of the molecule is CCCCCCCCCCCCCCCC[C@H]1C(=O)O[C@@H]1CC(C)O. The van der Waals surface area contributed by atoms with Gasteiger partial charge in [0.2, 0.25) is 0 Å². The maximum absolute atomic E-state index is 11.5. The van der Waals surface area contributed by atoms with Crippen molar-refractivity contribution in [2.24, 2.45) is 5.92 Å². The average Bonchev–Trinajstić information content (AvgIpc) is 2.57. The fourth-order valence-corrected chi connectivity index (χ4v) is 3.81. The molecule has 0 amide bonds. The number of ether oxygens (including phenoxy) is 1. The topological polar surface area (TPSA) is 46.5 Å². The first-order valence-corrected chi connectivity index (χ1v) is 11.0. The molecule has 1 N–H and O–H groups in total. The van der Waals surface area contributed by atoms with E-state index in [0.717, 1.165) is 12.8 Å². The van der Waals surface area contributed by atoms with Gasteiger partial charge in [-0.3, -0.25) is 4.79 Å². The molecule has 3 nitrogen and oxygen atoms in total. The first-order valence-electron chi connectivity index (χ1n) is 11.0. The highest BCUT2D eigenvalue weighted by molar-refractivity contribution is 5.78. The Morgan fingerprint density at radius 1 is 0.840 bits per heavy atom. The van der Waals surface area contributed by atoms with Gasteiger partial charge in [0.15, 0.2) is 0 Å². The highest BCUT2D eigenvalue weighted by atomic mass is 16.6. The molecule has 0 bridgehead atoms. The molecule has 3 heteroatoms. The molecule has 1 unspecified atom stereocenters. The molecule has 0 saturated carbocycles. The zero-order valence-electron chi connectivity index (χ0n) is 16.8. The number of aliphatic hydroxyl groups excluding tert-OH is 1. The number of esters is 1. The molecule has 0 radical (unpaired) electrons. The van der Waals surface area contributed by atoms with Crippen molar-refractivity contribution < 1.29 is 14.6 Å². The van der Waals surface area contributed by atoms with Crippen molar-refractivity contribution in [3.8, 4) is 0 Å². The van der Waals surface area contributed by atoms with Crippen LogP contribution in [0.5, 0.6) is 0 Å². The Morgan fingerprint density at radius 2 is 1.28 bits per heavy atom. The summed E-state index contributed by atoms with van der Waals surface area (Å²) in [5, 5.41) is 9.39. The highest BCUT2D eigenvalue weighted by Gasteiger charge is 2.41. The van der Waals surface area contributed by atoms with Gasteiger partial charge in [-0.1, -0.05) is 96.8 Å². The van der Waals surface area contributed by atoms with Gasteiger partial charge < -0.3 is 9.84 Å². The zero-order valence-corrected chi connectivity index (χ0v) is 16.8. The van der Waals surface area contributed by atoms with Crippen LogP contribution in [0.2, 0.25) is 0 Å². The van der Waals surface area contributed by atoms with Crippen LogP contribution in [0.25, 0.3) is 0 Å². The largest absolute Gasteiger partial charge is 0.461 e. The maximum Gasteiger partial charge on any atom is 0.313 e. The Morgan fingerprint density at radius 3 is 1.68 bits per heavy atom. The molecule has 0 aromatic carbocycles. The lowest BCUT2D eigenvalue weighted by Gasteiger charge is -2.36. The summed E-state index contributed by atoms with van der Waals surface area (Å²) in [6.07, 6.45) is 20.1. The van der Waals surface area contributed by atoms with E-state index in [1.807, 2.05) is 0 Å². The summed E-state index contributed by atoms with van der Waals surface area (Å²) < 4.78 is 5.13. The lowest BCUT2D eigenvalue weighted by atomic mass is 9.87. The number of hydrogen-bond acceptors (Lipinski definition) is 3. The van der Waals surface area contributed by atoms with E-state index in [0.29, 0.717) is 6.42 Å². The van der Waals surface area contributed by atoms with Crippen molar-refractivity contribution in [1.29, 1.82) is 0 Å². The Hall–Kier alpha value is -0.570. The van der Waals surface area contributed by atoms with Gasteiger partial charge in [0.1, 0.15) is 6.10 Å². The molecule has 1 saturated heterocycles. The van der Waals surface area contributed by atoms with Crippen molar-refractivity contribution in [2.45, 2.75) is 129 Å². The van der Waals surface area contributed by atoms with Crippen LogP contribution in [0.4, 0.5) is 0 Å². The van der Waals surface area contributed by atoms with Gasteiger partial charge in [0.25, 0.3) is 0 Å². The van der Waals surface area contributed by atoms with Gasteiger partial charge in [-0.15, -0.1) is 0 Å². The number of unbranched alkanes of at least 4 members (excludes halogenated alkanes) is 13. The Labute approximate surface area is 155 Å². The van der Waals surface area contributed by atoms with E-state index in [-0.39, 0.29) is 24.1 Å². The molecule has 1 heterocycles. The molecule has 1 aliphatic heterocycles. The van der Waals surface area contributed by atoms with Crippen LogP contribution in [0, 0.1) is 5.92 Å². The summed E-state index contributed by atoms with van der Waals surface area (Å²) in [6.45, 7) is 4.03. The summed E-state index contributed by atoms with van der Waals surface area (Å²) in [7, 11) is 0. The molecule has 0 aliphatic carbocycles. The fraction of sp³-hybridized carbons (Fsp3) is 0.955. The van der Waals surface area contributed by atoms with E-state index < -0.39 is 0 Å². The van der Waals surface area contributed by atoms with Gasteiger partial charge in [-0.25, -0.2) is 0 Å². The predicted octanol–water partition coefficient (Wildman–Crippen LogP) is 6.17. The van der Waals surface area contributed by atoms with Crippen LogP contribution in [0.15, 0.2) is 0 Å². The van der Waals surface area contributed by atoms with Crippen molar-refractivity contribution in [3.63, 3.8) is 0 Å². The molecular formula is C22H42O3. The maximum atomic E-state index is 11.5. The van der Waals surface area contributed by atoms with Crippen molar-refractivity contribution >= 4 is 5.97 Å². The Balaban J connectivity index is 1.81. The van der Waals surface area contributed by atoms with Crippen LogP contribution in [0.3, 0.4) is 0 Å². The molecule has 1 aliphatic rings. The van der Waals surface area contributed by atoms with Gasteiger partial charge >= 0.3 is 5.97 Å². The van der Waals surface area contributed by atoms with E-state index >= 15 is 0 Å². The van der Waals surface area contributed by atoms with Gasteiger partial charge in [-0.2, -0.15) is 0 Å². The molecule has 0 spiro atoms. The second-order valence-electron chi connectivity index (χ2n) is 8.05. The van der Waals surface area contributed by atoms with Crippen LogP contribution in [-0.4, -0.2) is 23.3 Å². The Bertz CT molecular complexity index is 327. The summed E-state index contributed by atoms with van der Waals surface area (Å²) in [4.78, 5) is 11.5. The van der Waals surface area contributed by atoms with Crippen LogP contribution in [-0.2, 0) is 9.53 Å². The third-order valence-corrected chi connectivity index (χ3v) is 5.46. The summed E-state index contributed by atoms with van der Waals surface area (Å²) in [5.74, 6) is -0.00716. The third-order valence-electron chi connectivity index (χ3n) is 5.46. The Kier molecular flexibility index (Phi) is 13.1. The van der Waals surface area contributed by atoms with E-state index in [9.17, 15) is 9.90 Å². The standard InChI is InChI=1S/C22H42O3/c1-3-4-5-6-7-8-9-10-11-12-13-14-15-16-17-20-21(18-19(2)23)25-22(20)24/h19-21,23H,3-18H2,1-2H3/t19?,20-,21-/m1/s1. The first kappa shape index (κ1) is 22.5. The van der Waals surface area contributed by atoms with E-state index in [4.69, 9.17) is 4.74 Å². The second kappa shape index (κ2) is 14.6. The van der Waals surface area contributed by atoms with Crippen LogP contribution < -0.4 is 0 Å². The smallest absolute Gasteiger partial charge is 0.313 e. The number of carbonyl (C=O) groups is 1. The van der Waals surface area contributed by atoms with Crippen molar-refractivity contribution in [1.82, 2.24) is 0 Å². The minimum Gasteiger partial charge on any atom is -0.461 e. The summed E-state index contributed by atoms with van der Waals surface area (Å²) in [6, 6.07) is 0.